The summed E-state index contributed by atoms with van der Waals surface area (Å²) in [5, 5.41) is 12.8. The van der Waals surface area contributed by atoms with Gasteiger partial charge in [-0.1, -0.05) is 29.3 Å². The third-order valence-corrected chi connectivity index (χ3v) is 4.89. The number of carbonyl (C=O) groups excluding carboxylic acids is 2. The quantitative estimate of drug-likeness (QED) is 0.149. The molecule has 1 N–H and O–H groups in total. The van der Waals surface area contributed by atoms with Gasteiger partial charge in [0.05, 0.1) is 25.3 Å². The van der Waals surface area contributed by atoms with E-state index in [2.05, 4.69) is 5.32 Å². The fraction of sp³-hybridized carbons (Fsp3) is 0.292. The minimum atomic E-state index is -0.517. The van der Waals surface area contributed by atoms with Crippen LogP contribution in [0.2, 0.25) is 10.0 Å². The summed E-state index contributed by atoms with van der Waals surface area (Å²) in [7, 11) is 2.94. The molecule has 2 aromatic carbocycles. The highest BCUT2D eigenvalue weighted by Crippen LogP contribution is 2.30. The van der Waals surface area contributed by atoms with Crippen molar-refractivity contribution in [2.75, 3.05) is 34.0 Å². The molecule has 2 aromatic rings. The molecule has 0 atom stereocenters. The fourth-order valence-corrected chi connectivity index (χ4v) is 3.16. The number of halogens is 2. The predicted octanol–water partition coefficient (Wildman–Crippen LogP) is 4.44. The summed E-state index contributed by atoms with van der Waals surface area (Å²) in [6, 6.07) is 11.5. The molecule has 1 amide bonds. The fourth-order valence-electron chi connectivity index (χ4n) is 2.70. The van der Waals surface area contributed by atoms with E-state index < -0.39 is 11.9 Å². The van der Waals surface area contributed by atoms with Gasteiger partial charge in [0, 0.05) is 25.1 Å². The number of nitriles is 1. The molecule has 8 nitrogen and oxygen atoms in total. The number of hydrogen-bond donors (Lipinski definition) is 1. The molecule has 0 unspecified atom stereocenters. The van der Waals surface area contributed by atoms with E-state index in [1.54, 1.807) is 30.3 Å². The van der Waals surface area contributed by atoms with Crippen LogP contribution in [-0.2, 0) is 14.3 Å². The standard InChI is InChI=1S/C24H24Cl2N2O6/c1-31-11-9-28-24(30)17(15-27)12-16-5-7-21(22(13-16)32-2)34-23(29)4-3-10-33-20-8-6-18(25)14-19(20)26/h5-8,12-14H,3-4,9-11H2,1-2H3,(H,28,30)/b17-12+. The van der Waals surface area contributed by atoms with Crippen LogP contribution in [0.3, 0.4) is 0 Å². The summed E-state index contributed by atoms with van der Waals surface area (Å²) in [6.07, 6.45) is 1.93. The molecule has 0 bridgehead atoms. The summed E-state index contributed by atoms with van der Waals surface area (Å²) in [6.45, 7) is 0.879. The summed E-state index contributed by atoms with van der Waals surface area (Å²) in [4.78, 5) is 24.3. The predicted molar refractivity (Wildman–Crippen MR) is 128 cm³/mol. The maximum Gasteiger partial charge on any atom is 0.311 e. The van der Waals surface area contributed by atoms with Gasteiger partial charge in [-0.3, -0.25) is 9.59 Å². The first-order chi connectivity index (χ1) is 16.4. The molecule has 0 aromatic heterocycles. The Morgan fingerprint density at radius 3 is 2.50 bits per heavy atom. The Morgan fingerprint density at radius 2 is 1.82 bits per heavy atom. The largest absolute Gasteiger partial charge is 0.493 e. The SMILES string of the molecule is COCCNC(=O)/C(C#N)=C/c1ccc(OC(=O)CCCOc2ccc(Cl)cc2Cl)c(OC)c1. The van der Waals surface area contributed by atoms with E-state index in [0.29, 0.717) is 34.4 Å². The van der Waals surface area contributed by atoms with Gasteiger partial charge in [0.1, 0.15) is 17.4 Å². The number of methoxy groups -OCH3 is 2. The lowest BCUT2D eigenvalue weighted by Gasteiger charge is -2.11. The number of esters is 1. The molecule has 180 valence electrons. The van der Waals surface area contributed by atoms with E-state index in [0.717, 1.165) is 0 Å². The molecule has 0 spiro atoms. The van der Waals surface area contributed by atoms with E-state index in [9.17, 15) is 14.9 Å². The first kappa shape index (κ1) is 27.0. The lowest BCUT2D eigenvalue weighted by atomic mass is 10.1. The van der Waals surface area contributed by atoms with Crippen LogP contribution in [0.25, 0.3) is 6.08 Å². The van der Waals surface area contributed by atoms with Crippen molar-refractivity contribution in [1.82, 2.24) is 5.32 Å². The van der Waals surface area contributed by atoms with Crippen molar-refractivity contribution in [2.45, 2.75) is 12.8 Å². The van der Waals surface area contributed by atoms with Crippen molar-refractivity contribution < 1.29 is 28.5 Å². The lowest BCUT2D eigenvalue weighted by molar-refractivity contribution is -0.134. The number of rotatable bonds is 12. The van der Waals surface area contributed by atoms with E-state index >= 15 is 0 Å². The third-order valence-electron chi connectivity index (χ3n) is 4.36. The van der Waals surface area contributed by atoms with Gasteiger partial charge in [-0.05, 0) is 48.4 Å². The zero-order chi connectivity index (χ0) is 24.9. The van der Waals surface area contributed by atoms with Crippen molar-refractivity contribution in [2.24, 2.45) is 0 Å². The minimum absolute atomic E-state index is 0.0799. The monoisotopic (exact) mass is 506 g/mol. The van der Waals surface area contributed by atoms with Crippen LogP contribution in [0.4, 0.5) is 0 Å². The Balaban J connectivity index is 1.93. The molecule has 0 radical (unpaired) electrons. The van der Waals surface area contributed by atoms with Gasteiger partial charge in [-0.25, -0.2) is 0 Å². The zero-order valence-electron chi connectivity index (χ0n) is 18.7. The molecule has 2 rings (SSSR count). The normalized spacial score (nSPS) is 10.9. The molecular weight excluding hydrogens is 483 g/mol. The van der Waals surface area contributed by atoms with Crippen molar-refractivity contribution in [3.8, 4) is 23.3 Å². The average molecular weight is 507 g/mol. The number of ether oxygens (including phenoxy) is 4. The van der Waals surface area contributed by atoms with Gasteiger partial charge < -0.3 is 24.3 Å². The Kier molecular flexibility index (Phi) is 11.2. The Morgan fingerprint density at radius 1 is 1.06 bits per heavy atom. The van der Waals surface area contributed by atoms with Gasteiger partial charge in [-0.15, -0.1) is 0 Å². The summed E-state index contributed by atoms with van der Waals surface area (Å²) in [5.41, 5.74) is 0.451. The van der Waals surface area contributed by atoms with Crippen molar-refractivity contribution >= 4 is 41.2 Å². The summed E-state index contributed by atoms with van der Waals surface area (Å²) in [5.74, 6) is -0.00892. The van der Waals surface area contributed by atoms with Crippen LogP contribution in [0.5, 0.6) is 17.2 Å². The molecule has 0 aliphatic rings. The molecule has 0 saturated heterocycles. The number of amides is 1. The molecule has 34 heavy (non-hydrogen) atoms. The van der Waals surface area contributed by atoms with Crippen LogP contribution in [0.15, 0.2) is 42.0 Å². The third kappa shape index (κ3) is 8.60. The van der Waals surface area contributed by atoms with Gasteiger partial charge in [0.25, 0.3) is 5.91 Å². The molecular formula is C24H24Cl2N2O6. The van der Waals surface area contributed by atoms with Crippen LogP contribution in [-0.4, -0.2) is 45.9 Å². The summed E-state index contributed by atoms with van der Waals surface area (Å²) < 4.78 is 21.1. The first-order valence-corrected chi connectivity index (χ1v) is 11.0. The van der Waals surface area contributed by atoms with Crippen LogP contribution >= 0.6 is 23.2 Å². The average Bonchev–Trinajstić information content (AvgIpc) is 2.82. The Labute approximate surface area is 208 Å². The Hall–Kier alpha value is -3.25. The maximum atomic E-state index is 12.2. The van der Waals surface area contributed by atoms with Crippen LogP contribution < -0.4 is 19.5 Å². The second-order valence-electron chi connectivity index (χ2n) is 6.83. The van der Waals surface area contributed by atoms with E-state index in [-0.39, 0.29) is 36.6 Å². The van der Waals surface area contributed by atoms with Crippen LogP contribution in [0.1, 0.15) is 18.4 Å². The molecule has 0 fully saturated rings. The van der Waals surface area contributed by atoms with Gasteiger partial charge in [-0.2, -0.15) is 5.26 Å². The highest BCUT2D eigenvalue weighted by Gasteiger charge is 2.13. The van der Waals surface area contributed by atoms with Crippen molar-refractivity contribution in [3.05, 3.63) is 57.6 Å². The molecule has 0 heterocycles. The Bertz CT molecular complexity index is 1080. The highest BCUT2D eigenvalue weighted by molar-refractivity contribution is 6.35. The van der Waals surface area contributed by atoms with Crippen LogP contribution in [0, 0.1) is 11.3 Å². The van der Waals surface area contributed by atoms with E-state index in [1.807, 2.05) is 6.07 Å². The topological polar surface area (TPSA) is 107 Å². The highest BCUT2D eigenvalue weighted by atomic mass is 35.5. The van der Waals surface area contributed by atoms with Gasteiger partial charge in [0.15, 0.2) is 11.5 Å². The number of hydrogen-bond acceptors (Lipinski definition) is 7. The second kappa shape index (κ2) is 14.1. The zero-order valence-corrected chi connectivity index (χ0v) is 20.2. The number of nitrogens with one attached hydrogen (secondary N) is 1. The number of benzene rings is 2. The van der Waals surface area contributed by atoms with E-state index in [4.69, 9.17) is 42.1 Å². The number of carbonyl (C=O) groups is 2. The smallest absolute Gasteiger partial charge is 0.311 e. The van der Waals surface area contributed by atoms with Crippen molar-refractivity contribution in [1.29, 1.82) is 5.26 Å². The van der Waals surface area contributed by atoms with Gasteiger partial charge >= 0.3 is 5.97 Å². The van der Waals surface area contributed by atoms with E-state index in [1.165, 1.54) is 26.4 Å². The minimum Gasteiger partial charge on any atom is -0.493 e. The molecule has 0 aliphatic heterocycles. The first-order valence-electron chi connectivity index (χ1n) is 10.2. The molecule has 0 aliphatic carbocycles. The summed E-state index contributed by atoms with van der Waals surface area (Å²) >= 11 is 11.9. The maximum absolute atomic E-state index is 12.2. The molecule has 10 heteroatoms. The second-order valence-corrected chi connectivity index (χ2v) is 7.67. The number of nitrogens with zero attached hydrogens (tertiary/aromatic N) is 1. The van der Waals surface area contributed by atoms with Crippen molar-refractivity contribution in [3.63, 3.8) is 0 Å². The lowest BCUT2D eigenvalue weighted by Crippen LogP contribution is -2.27. The van der Waals surface area contributed by atoms with Gasteiger partial charge in [0.2, 0.25) is 0 Å². The molecule has 0 saturated carbocycles.